The van der Waals surface area contributed by atoms with Gasteiger partial charge in [-0.1, -0.05) is 12.1 Å². The first-order valence-electron chi connectivity index (χ1n) is 6.03. The van der Waals surface area contributed by atoms with Gasteiger partial charge < -0.3 is 10.3 Å². The van der Waals surface area contributed by atoms with E-state index in [-0.39, 0.29) is 23.2 Å². The quantitative estimate of drug-likeness (QED) is 0.663. The molecule has 2 rings (SSSR count). The molecule has 0 saturated heterocycles. The molecule has 0 fully saturated rings. The fraction of sp³-hybridized carbons (Fsp3) is 0.333. The number of nitrogens with two attached hydrogens (primary N) is 1. The molecule has 1 atom stereocenters. The monoisotopic (exact) mass is 280 g/mol. The van der Waals surface area contributed by atoms with Crippen LogP contribution in [0.4, 0.5) is 10.1 Å². The molecule has 0 aliphatic carbocycles. The summed E-state index contributed by atoms with van der Waals surface area (Å²) in [5.41, 5.74) is 5.57. The van der Waals surface area contributed by atoms with E-state index in [1.165, 1.54) is 6.07 Å². The molecule has 1 unspecified atom stereocenters. The highest BCUT2D eigenvalue weighted by Crippen LogP contribution is 2.24. The van der Waals surface area contributed by atoms with E-state index < -0.39 is 10.7 Å². The standard InChI is InChI=1S/C12H13FN4O3/c1-2-9(14)6-11-15-12(20-16-11)7-3-8(13)5-10(4-7)17(18)19/h3-5,9H,2,6,14H2,1H3. The molecule has 0 aliphatic heterocycles. The van der Waals surface area contributed by atoms with Crippen LogP contribution in [0.25, 0.3) is 11.5 Å². The Morgan fingerprint density at radius 3 is 2.90 bits per heavy atom. The van der Waals surface area contributed by atoms with Crippen LogP contribution < -0.4 is 5.73 Å². The zero-order chi connectivity index (χ0) is 14.7. The van der Waals surface area contributed by atoms with E-state index in [2.05, 4.69) is 10.1 Å². The first kappa shape index (κ1) is 14.1. The molecule has 2 aromatic rings. The third kappa shape index (κ3) is 3.15. The maximum absolute atomic E-state index is 13.3. The smallest absolute Gasteiger partial charge is 0.273 e. The van der Waals surface area contributed by atoms with Gasteiger partial charge in [-0.15, -0.1) is 0 Å². The van der Waals surface area contributed by atoms with Crippen LogP contribution in [-0.4, -0.2) is 21.1 Å². The van der Waals surface area contributed by atoms with E-state index in [1.807, 2.05) is 6.92 Å². The molecule has 1 heterocycles. The lowest BCUT2D eigenvalue weighted by molar-refractivity contribution is -0.385. The van der Waals surface area contributed by atoms with Gasteiger partial charge in [-0.05, 0) is 12.5 Å². The fourth-order valence-corrected chi connectivity index (χ4v) is 1.64. The number of nitro benzene ring substituents is 1. The summed E-state index contributed by atoms with van der Waals surface area (Å²) in [6.07, 6.45) is 1.19. The molecule has 7 nitrogen and oxygen atoms in total. The summed E-state index contributed by atoms with van der Waals surface area (Å²) in [5, 5.41) is 14.4. The van der Waals surface area contributed by atoms with Crippen molar-refractivity contribution in [1.82, 2.24) is 10.1 Å². The molecule has 8 heteroatoms. The SMILES string of the molecule is CCC(N)Cc1noc(-c2cc(F)cc([N+](=O)[O-])c2)n1. The van der Waals surface area contributed by atoms with E-state index in [0.29, 0.717) is 12.2 Å². The Bertz CT molecular complexity index is 629. The van der Waals surface area contributed by atoms with Gasteiger partial charge in [-0.25, -0.2) is 4.39 Å². The van der Waals surface area contributed by atoms with Gasteiger partial charge >= 0.3 is 0 Å². The van der Waals surface area contributed by atoms with Crippen molar-refractivity contribution in [2.24, 2.45) is 5.73 Å². The van der Waals surface area contributed by atoms with Crippen molar-refractivity contribution in [3.05, 3.63) is 40.0 Å². The fourth-order valence-electron chi connectivity index (χ4n) is 1.64. The predicted molar refractivity (Wildman–Crippen MR) is 68.3 cm³/mol. The zero-order valence-corrected chi connectivity index (χ0v) is 10.7. The summed E-state index contributed by atoms with van der Waals surface area (Å²) in [7, 11) is 0. The highest BCUT2D eigenvalue weighted by atomic mass is 19.1. The number of halogens is 1. The van der Waals surface area contributed by atoms with E-state index in [1.54, 1.807) is 0 Å². The highest BCUT2D eigenvalue weighted by molar-refractivity contribution is 5.57. The number of hydrogen-bond acceptors (Lipinski definition) is 6. The summed E-state index contributed by atoms with van der Waals surface area (Å²) in [4.78, 5) is 14.1. The number of benzene rings is 1. The van der Waals surface area contributed by atoms with E-state index in [4.69, 9.17) is 10.3 Å². The van der Waals surface area contributed by atoms with Gasteiger partial charge in [0.05, 0.1) is 11.0 Å². The Hall–Kier alpha value is -2.35. The second-order valence-electron chi connectivity index (χ2n) is 4.34. The summed E-state index contributed by atoms with van der Waals surface area (Å²) in [6, 6.07) is 3.01. The van der Waals surface area contributed by atoms with Crippen molar-refractivity contribution in [2.75, 3.05) is 0 Å². The van der Waals surface area contributed by atoms with Crippen LogP contribution in [0.5, 0.6) is 0 Å². The number of nitro groups is 1. The van der Waals surface area contributed by atoms with Crippen LogP contribution in [-0.2, 0) is 6.42 Å². The zero-order valence-electron chi connectivity index (χ0n) is 10.7. The average molecular weight is 280 g/mol. The predicted octanol–water partition coefficient (Wildman–Crippen LogP) is 2.06. The number of non-ortho nitro benzene ring substituents is 1. The topological polar surface area (TPSA) is 108 Å². The molecule has 0 saturated carbocycles. The van der Waals surface area contributed by atoms with Gasteiger partial charge in [-0.3, -0.25) is 10.1 Å². The Morgan fingerprint density at radius 2 is 2.25 bits per heavy atom. The number of nitrogens with zero attached hydrogens (tertiary/aromatic N) is 3. The van der Waals surface area contributed by atoms with Gasteiger partial charge in [0.25, 0.3) is 11.6 Å². The molecule has 1 aromatic carbocycles. The van der Waals surface area contributed by atoms with Crippen molar-refractivity contribution in [3.8, 4) is 11.5 Å². The minimum absolute atomic E-state index is 0.0332. The minimum Gasteiger partial charge on any atom is -0.334 e. The Morgan fingerprint density at radius 1 is 1.50 bits per heavy atom. The van der Waals surface area contributed by atoms with Crippen molar-refractivity contribution in [3.63, 3.8) is 0 Å². The second-order valence-corrected chi connectivity index (χ2v) is 4.34. The summed E-state index contributed by atoms with van der Waals surface area (Å²) in [5.74, 6) is -0.314. The molecule has 0 spiro atoms. The van der Waals surface area contributed by atoms with Crippen molar-refractivity contribution < 1.29 is 13.8 Å². The Kier molecular flexibility index (Phi) is 4.04. The van der Waals surface area contributed by atoms with Crippen LogP contribution in [0.3, 0.4) is 0 Å². The third-order valence-corrected chi connectivity index (χ3v) is 2.78. The molecular formula is C12H13FN4O3. The first-order valence-corrected chi connectivity index (χ1v) is 6.03. The molecule has 0 bridgehead atoms. The summed E-state index contributed by atoms with van der Waals surface area (Å²) < 4.78 is 18.3. The van der Waals surface area contributed by atoms with Crippen LogP contribution in [0.2, 0.25) is 0 Å². The number of hydrogen-bond donors (Lipinski definition) is 1. The van der Waals surface area contributed by atoms with Crippen molar-refractivity contribution in [2.45, 2.75) is 25.8 Å². The largest absolute Gasteiger partial charge is 0.334 e. The molecule has 0 aliphatic rings. The van der Waals surface area contributed by atoms with Crippen LogP contribution in [0, 0.1) is 15.9 Å². The van der Waals surface area contributed by atoms with Gasteiger partial charge in [-0.2, -0.15) is 4.98 Å². The Balaban J connectivity index is 2.30. The van der Waals surface area contributed by atoms with Gasteiger partial charge in [0.1, 0.15) is 5.82 Å². The van der Waals surface area contributed by atoms with Crippen LogP contribution >= 0.6 is 0 Å². The van der Waals surface area contributed by atoms with Gasteiger partial charge in [0.2, 0.25) is 0 Å². The lowest BCUT2D eigenvalue weighted by Crippen LogP contribution is -2.21. The maximum Gasteiger partial charge on any atom is 0.273 e. The van der Waals surface area contributed by atoms with Gasteiger partial charge in [0.15, 0.2) is 5.82 Å². The molecule has 106 valence electrons. The van der Waals surface area contributed by atoms with Crippen LogP contribution in [0.15, 0.2) is 22.7 Å². The maximum atomic E-state index is 13.3. The molecule has 0 radical (unpaired) electrons. The molecule has 1 aromatic heterocycles. The van der Waals surface area contributed by atoms with Crippen molar-refractivity contribution in [1.29, 1.82) is 0 Å². The normalized spacial score (nSPS) is 12.3. The van der Waals surface area contributed by atoms with E-state index in [9.17, 15) is 14.5 Å². The lowest BCUT2D eigenvalue weighted by atomic mass is 10.1. The number of aromatic nitrogens is 2. The number of rotatable bonds is 5. The third-order valence-electron chi connectivity index (χ3n) is 2.78. The van der Waals surface area contributed by atoms with E-state index in [0.717, 1.165) is 18.6 Å². The average Bonchev–Trinajstić information content (AvgIpc) is 2.86. The van der Waals surface area contributed by atoms with Crippen LogP contribution in [0.1, 0.15) is 19.2 Å². The van der Waals surface area contributed by atoms with Gasteiger partial charge in [0, 0.05) is 24.1 Å². The second kappa shape index (κ2) is 5.74. The van der Waals surface area contributed by atoms with E-state index >= 15 is 0 Å². The lowest BCUT2D eigenvalue weighted by Gasteiger charge is -2.02. The first-order chi connectivity index (χ1) is 9.49. The minimum atomic E-state index is -0.737. The molecule has 20 heavy (non-hydrogen) atoms. The summed E-state index contributed by atoms with van der Waals surface area (Å²) in [6.45, 7) is 1.93. The highest BCUT2D eigenvalue weighted by Gasteiger charge is 2.16. The molecular weight excluding hydrogens is 267 g/mol. The summed E-state index contributed by atoms with van der Waals surface area (Å²) >= 11 is 0. The van der Waals surface area contributed by atoms with Crippen molar-refractivity contribution >= 4 is 5.69 Å². The molecule has 2 N–H and O–H groups in total. The Labute approximate surface area is 113 Å². The molecule has 0 amide bonds.